The van der Waals surface area contributed by atoms with Gasteiger partial charge in [-0.1, -0.05) is 30.3 Å². The van der Waals surface area contributed by atoms with Crippen molar-refractivity contribution in [3.8, 4) is 0 Å². The summed E-state index contributed by atoms with van der Waals surface area (Å²) in [4.78, 5) is 19.5. The topological polar surface area (TPSA) is 32.8 Å². The summed E-state index contributed by atoms with van der Waals surface area (Å²) < 4.78 is 13.5. The second-order valence-corrected chi connectivity index (χ2v) is 5.46. The van der Waals surface area contributed by atoms with Gasteiger partial charge in [0.25, 0.3) is 5.91 Å². The van der Waals surface area contributed by atoms with Crippen LogP contribution in [0.4, 0.5) is 4.39 Å². The van der Waals surface area contributed by atoms with E-state index in [-0.39, 0.29) is 11.9 Å². The zero-order chi connectivity index (χ0) is 13.0. The van der Waals surface area contributed by atoms with Crippen LogP contribution in [-0.4, -0.2) is 40.3 Å². The number of alkyl halides is 1. The molecule has 3 fully saturated rings. The lowest BCUT2D eigenvalue weighted by molar-refractivity contribution is -0.307. The van der Waals surface area contributed by atoms with E-state index in [0.717, 1.165) is 5.56 Å². The van der Waals surface area contributed by atoms with Crippen LogP contribution in [0.25, 0.3) is 0 Å². The molecule has 4 nitrogen and oxygen atoms in total. The fourth-order valence-corrected chi connectivity index (χ4v) is 3.52. The summed E-state index contributed by atoms with van der Waals surface area (Å²) in [6.07, 6.45) is 0.147. The van der Waals surface area contributed by atoms with Crippen LogP contribution in [0.5, 0.6) is 0 Å². The molecule has 1 amide bonds. The molecule has 3 aliphatic heterocycles. The van der Waals surface area contributed by atoms with Crippen LogP contribution >= 0.6 is 0 Å². The number of halogens is 1. The van der Waals surface area contributed by atoms with Crippen LogP contribution in [0.3, 0.4) is 0 Å². The van der Waals surface area contributed by atoms with E-state index >= 15 is 0 Å². The molecular weight excluding hydrogens is 247 g/mol. The summed E-state index contributed by atoms with van der Waals surface area (Å²) >= 11 is 0. The summed E-state index contributed by atoms with van der Waals surface area (Å²) in [6, 6.07) is 9.78. The van der Waals surface area contributed by atoms with E-state index in [4.69, 9.17) is 4.84 Å². The number of carbonyl (C=O) groups excluding carboxylic acids is 1. The highest BCUT2D eigenvalue weighted by Gasteiger charge is 2.75. The van der Waals surface area contributed by atoms with Crippen molar-refractivity contribution >= 4 is 5.91 Å². The SMILES string of the molecule is O=C1N(OCc2ccccc2)C2CN3C(F)CCC123. The quantitative estimate of drug-likeness (QED) is 0.611. The third-order valence-corrected chi connectivity index (χ3v) is 4.60. The van der Waals surface area contributed by atoms with Gasteiger partial charge in [-0.2, -0.15) is 0 Å². The molecule has 4 rings (SSSR count). The largest absolute Gasteiger partial charge is 0.270 e. The lowest BCUT2D eigenvalue weighted by Crippen LogP contribution is -2.88. The van der Waals surface area contributed by atoms with E-state index in [0.29, 0.717) is 26.0 Å². The third kappa shape index (κ3) is 1.32. The van der Waals surface area contributed by atoms with Gasteiger partial charge in [-0.25, -0.2) is 9.45 Å². The zero-order valence-corrected chi connectivity index (χ0v) is 10.5. The maximum absolute atomic E-state index is 13.5. The minimum absolute atomic E-state index is 0.0458. The smallest absolute Gasteiger partial charge is 0.269 e. The summed E-state index contributed by atoms with van der Waals surface area (Å²) in [6.45, 7) is 0.986. The molecule has 0 bridgehead atoms. The second kappa shape index (κ2) is 3.77. The Balaban J connectivity index is 1.42. The highest BCUT2D eigenvalue weighted by molar-refractivity contribution is 5.95. The maximum atomic E-state index is 13.5. The Bertz CT molecular complexity index is 523. The molecule has 0 aliphatic carbocycles. The summed E-state index contributed by atoms with van der Waals surface area (Å²) in [5.41, 5.74) is 0.470. The number of carbonyl (C=O) groups is 1. The van der Waals surface area contributed by atoms with Crippen LogP contribution in [0.2, 0.25) is 0 Å². The summed E-state index contributed by atoms with van der Waals surface area (Å²) in [7, 11) is 0. The lowest BCUT2D eigenvalue weighted by Gasteiger charge is -2.65. The second-order valence-electron chi connectivity index (χ2n) is 5.46. The van der Waals surface area contributed by atoms with Gasteiger partial charge in [-0.15, -0.1) is 0 Å². The van der Waals surface area contributed by atoms with E-state index in [2.05, 4.69) is 0 Å². The molecule has 1 aromatic rings. The van der Waals surface area contributed by atoms with Crippen molar-refractivity contribution in [2.24, 2.45) is 0 Å². The first-order valence-corrected chi connectivity index (χ1v) is 6.65. The lowest BCUT2D eigenvalue weighted by atomic mass is 9.71. The van der Waals surface area contributed by atoms with Gasteiger partial charge in [0.1, 0.15) is 18.2 Å². The van der Waals surface area contributed by atoms with Crippen molar-refractivity contribution < 1.29 is 14.0 Å². The Kier molecular flexibility index (Phi) is 2.26. The third-order valence-electron chi connectivity index (χ3n) is 4.60. The monoisotopic (exact) mass is 262 g/mol. The number of nitrogens with zero attached hydrogens (tertiary/aromatic N) is 2. The number of piperazine rings is 1. The van der Waals surface area contributed by atoms with E-state index in [1.807, 2.05) is 30.3 Å². The first kappa shape index (κ1) is 11.4. The van der Waals surface area contributed by atoms with Gasteiger partial charge in [0, 0.05) is 6.54 Å². The average molecular weight is 262 g/mol. The highest BCUT2D eigenvalue weighted by atomic mass is 19.1. The predicted octanol–water partition coefficient (Wildman–Crippen LogP) is 1.47. The van der Waals surface area contributed by atoms with Gasteiger partial charge >= 0.3 is 0 Å². The van der Waals surface area contributed by atoms with Gasteiger partial charge in [0.15, 0.2) is 6.30 Å². The molecule has 3 unspecified atom stereocenters. The van der Waals surface area contributed by atoms with Gasteiger partial charge in [-0.05, 0) is 18.4 Å². The van der Waals surface area contributed by atoms with Crippen LogP contribution in [-0.2, 0) is 16.2 Å². The number of hydroxylamine groups is 2. The van der Waals surface area contributed by atoms with E-state index < -0.39 is 11.8 Å². The van der Waals surface area contributed by atoms with Gasteiger partial charge < -0.3 is 0 Å². The van der Waals surface area contributed by atoms with Crippen LogP contribution < -0.4 is 0 Å². The van der Waals surface area contributed by atoms with Crippen molar-refractivity contribution in [2.75, 3.05) is 6.54 Å². The normalized spacial score (nSPS) is 36.5. The predicted molar refractivity (Wildman–Crippen MR) is 65.4 cm³/mol. The first-order chi connectivity index (χ1) is 9.23. The minimum atomic E-state index is -0.948. The van der Waals surface area contributed by atoms with Crippen molar-refractivity contribution in [3.63, 3.8) is 0 Å². The molecule has 0 radical (unpaired) electrons. The van der Waals surface area contributed by atoms with Gasteiger partial charge in [0.2, 0.25) is 0 Å². The fraction of sp³-hybridized carbons (Fsp3) is 0.500. The zero-order valence-electron chi connectivity index (χ0n) is 10.5. The molecule has 1 aromatic carbocycles. The number of β-lactam (4-membered cyclic amide) rings is 1. The Morgan fingerprint density at radius 3 is 2.84 bits per heavy atom. The molecule has 19 heavy (non-hydrogen) atoms. The van der Waals surface area contributed by atoms with Crippen molar-refractivity contribution in [1.82, 2.24) is 9.96 Å². The van der Waals surface area contributed by atoms with E-state index in [1.165, 1.54) is 5.06 Å². The number of benzene rings is 1. The standard InChI is InChI=1S/C14H15FN2O2/c15-12-6-7-14-11(8-16(12)14)17(13(14)18)19-9-10-4-2-1-3-5-10/h1-5,11-12H,6-9H2. The molecule has 5 heteroatoms. The summed E-state index contributed by atoms with van der Waals surface area (Å²) in [5.74, 6) is -0.0696. The number of rotatable bonds is 3. The molecule has 0 saturated carbocycles. The van der Waals surface area contributed by atoms with Crippen LogP contribution in [0.15, 0.2) is 30.3 Å². The van der Waals surface area contributed by atoms with Crippen LogP contribution in [0, 0.1) is 0 Å². The highest BCUT2D eigenvalue weighted by Crippen LogP contribution is 2.54. The Morgan fingerprint density at radius 1 is 1.37 bits per heavy atom. The number of amides is 1. The molecule has 3 heterocycles. The summed E-state index contributed by atoms with van der Waals surface area (Å²) in [5, 5.41) is 1.45. The number of hydrogen-bond acceptors (Lipinski definition) is 3. The van der Waals surface area contributed by atoms with Crippen molar-refractivity contribution in [1.29, 1.82) is 0 Å². The Hall–Kier alpha value is -1.46. The molecule has 3 aliphatic rings. The van der Waals surface area contributed by atoms with Gasteiger partial charge in [0.05, 0.1) is 0 Å². The maximum Gasteiger partial charge on any atom is 0.269 e. The molecule has 100 valence electrons. The number of hydrogen-bond donors (Lipinski definition) is 0. The molecule has 0 aromatic heterocycles. The molecule has 3 atom stereocenters. The van der Waals surface area contributed by atoms with E-state index in [1.54, 1.807) is 4.90 Å². The Morgan fingerprint density at radius 2 is 2.16 bits per heavy atom. The van der Waals surface area contributed by atoms with Crippen molar-refractivity contribution in [2.45, 2.75) is 37.3 Å². The molecule has 1 spiro atoms. The molecule has 3 saturated heterocycles. The first-order valence-electron chi connectivity index (χ1n) is 6.65. The average Bonchev–Trinajstić information content (AvgIpc) is 2.71. The van der Waals surface area contributed by atoms with Crippen molar-refractivity contribution in [3.05, 3.63) is 35.9 Å². The Labute approximate surface area is 110 Å². The van der Waals surface area contributed by atoms with Gasteiger partial charge in [-0.3, -0.25) is 14.5 Å². The molecular formula is C14H15FN2O2. The van der Waals surface area contributed by atoms with Crippen LogP contribution in [0.1, 0.15) is 18.4 Å². The van der Waals surface area contributed by atoms with E-state index in [9.17, 15) is 9.18 Å². The molecule has 0 N–H and O–H groups in total. The minimum Gasteiger partial charge on any atom is -0.270 e. The fourth-order valence-electron chi connectivity index (χ4n) is 3.52.